The minimum Gasteiger partial charge on any atom is -0.379 e. The molecule has 1 saturated heterocycles. The van der Waals surface area contributed by atoms with Gasteiger partial charge in [0, 0.05) is 26.2 Å². The minimum atomic E-state index is 0.0985. The predicted octanol–water partition coefficient (Wildman–Crippen LogP) is 4.13. The highest BCUT2D eigenvalue weighted by Gasteiger charge is 2.22. The van der Waals surface area contributed by atoms with Crippen LogP contribution in [0.5, 0.6) is 0 Å². The summed E-state index contributed by atoms with van der Waals surface area (Å²) >= 11 is 1.61. The number of hydrogen-bond acceptors (Lipinski definition) is 5. The molecular weight excluding hydrogens is 394 g/mol. The average Bonchev–Trinajstić information content (AvgIpc) is 3.11. The van der Waals surface area contributed by atoms with Crippen LogP contribution in [0.1, 0.15) is 22.3 Å². The fourth-order valence-corrected chi connectivity index (χ4v) is 4.86. The molecule has 4 rings (SSSR count). The zero-order valence-electron chi connectivity index (χ0n) is 18.0. The monoisotopic (exact) mass is 423 g/mol. The molecule has 1 aliphatic rings. The lowest BCUT2D eigenvalue weighted by atomic mass is 10.1. The standard InChI is InChI=1S/C24H29N3O2S/c1-17-5-4-6-20(13-17)16-23(28)27(8-7-26-9-11-29-12-10-26)24-25-21-14-18(2)19(3)15-22(21)30-24/h4-6,13-15H,7-12,16H2,1-3H3. The number of ether oxygens (including phenoxy) is 1. The Balaban J connectivity index is 1.59. The summed E-state index contributed by atoms with van der Waals surface area (Å²) in [4.78, 5) is 22.4. The average molecular weight is 424 g/mol. The Bertz CT molecular complexity index is 1000. The molecule has 2 heterocycles. The number of aromatic nitrogens is 1. The third-order valence-corrected chi connectivity index (χ3v) is 6.75. The van der Waals surface area contributed by atoms with Crippen molar-refractivity contribution >= 4 is 32.6 Å². The second-order valence-corrected chi connectivity index (χ2v) is 9.07. The van der Waals surface area contributed by atoms with Gasteiger partial charge in [-0.15, -0.1) is 0 Å². The molecule has 1 amide bonds. The summed E-state index contributed by atoms with van der Waals surface area (Å²) in [5.41, 5.74) is 5.67. The van der Waals surface area contributed by atoms with E-state index in [1.54, 1.807) is 11.3 Å². The number of anilines is 1. The molecule has 0 saturated carbocycles. The number of fused-ring (bicyclic) bond motifs is 1. The maximum Gasteiger partial charge on any atom is 0.233 e. The molecule has 3 aromatic rings. The van der Waals surface area contributed by atoms with Gasteiger partial charge < -0.3 is 4.74 Å². The quantitative estimate of drug-likeness (QED) is 0.598. The maximum atomic E-state index is 13.4. The van der Waals surface area contributed by atoms with E-state index < -0.39 is 0 Å². The van der Waals surface area contributed by atoms with Crippen molar-refractivity contribution in [1.29, 1.82) is 0 Å². The van der Waals surface area contributed by atoms with Gasteiger partial charge in [0.25, 0.3) is 0 Å². The SMILES string of the molecule is Cc1cccc(CC(=O)N(CCN2CCOCC2)c2nc3cc(C)c(C)cc3s2)c1. The van der Waals surface area contributed by atoms with Gasteiger partial charge in [-0.05, 0) is 49.6 Å². The number of benzene rings is 2. The molecule has 0 radical (unpaired) electrons. The number of hydrogen-bond donors (Lipinski definition) is 0. The van der Waals surface area contributed by atoms with Gasteiger partial charge in [-0.2, -0.15) is 0 Å². The summed E-state index contributed by atoms with van der Waals surface area (Å²) in [6.07, 6.45) is 0.388. The molecule has 5 nitrogen and oxygen atoms in total. The van der Waals surface area contributed by atoms with Crippen LogP contribution in [0.3, 0.4) is 0 Å². The number of rotatable bonds is 6. The van der Waals surface area contributed by atoms with Crippen molar-refractivity contribution in [2.45, 2.75) is 27.2 Å². The molecule has 0 N–H and O–H groups in total. The summed E-state index contributed by atoms with van der Waals surface area (Å²) in [5.74, 6) is 0.0985. The van der Waals surface area contributed by atoms with Crippen molar-refractivity contribution in [1.82, 2.24) is 9.88 Å². The van der Waals surface area contributed by atoms with Crippen LogP contribution in [0.4, 0.5) is 5.13 Å². The zero-order chi connectivity index (χ0) is 21.1. The highest BCUT2D eigenvalue weighted by Crippen LogP contribution is 2.31. The highest BCUT2D eigenvalue weighted by atomic mass is 32.1. The number of morpholine rings is 1. The number of nitrogens with zero attached hydrogens (tertiary/aromatic N) is 3. The van der Waals surface area contributed by atoms with Crippen molar-refractivity contribution < 1.29 is 9.53 Å². The van der Waals surface area contributed by atoms with Crippen molar-refractivity contribution in [2.24, 2.45) is 0 Å². The Hall–Kier alpha value is -2.28. The van der Waals surface area contributed by atoms with Crippen LogP contribution in [-0.2, 0) is 16.0 Å². The van der Waals surface area contributed by atoms with Crippen LogP contribution in [0, 0.1) is 20.8 Å². The lowest BCUT2D eigenvalue weighted by molar-refractivity contribution is -0.118. The first-order chi connectivity index (χ1) is 14.5. The van der Waals surface area contributed by atoms with Gasteiger partial charge in [-0.1, -0.05) is 41.2 Å². The van der Waals surface area contributed by atoms with Crippen LogP contribution in [0.25, 0.3) is 10.2 Å². The smallest absolute Gasteiger partial charge is 0.233 e. The number of aryl methyl sites for hydroxylation is 3. The topological polar surface area (TPSA) is 45.7 Å². The number of carbonyl (C=O) groups is 1. The molecule has 0 aliphatic carbocycles. The molecule has 0 spiro atoms. The Morgan fingerprint density at radius 3 is 2.67 bits per heavy atom. The van der Waals surface area contributed by atoms with E-state index in [0.717, 1.165) is 53.8 Å². The zero-order valence-corrected chi connectivity index (χ0v) is 18.8. The molecule has 0 atom stereocenters. The van der Waals surface area contributed by atoms with E-state index in [2.05, 4.69) is 49.9 Å². The van der Waals surface area contributed by atoms with E-state index >= 15 is 0 Å². The highest BCUT2D eigenvalue weighted by molar-refractivity contribution is 7.22. The molecule has 1 aliphatic heterocycles. The molecule has 0 bridgehead atoms. The van der Waals surface area contributed by atoms with Gasteiger partial charge in [0.05, 0.1) is 29.9 Å². The summed E-state index contributed by atoms with van der Waals surface area (Å²) in [7, 11) is 0. The second kappa shape index (κ2) is 9.25. The normalized spacial score (nSPS) is 14.9. The van der Waals surface area contributed by atoms with E-state index in [9.17, 15) is 4.79 Å². The van der Waals surface area contributed by atoms with Gasteiger partial charge in [0.2, 0.25) is 5.91 Å². The third-order valence-electron chi connectivity index (χ3n) is 5.71. The first-order valence-electron chi connectivity index (χ1n) is 10.5. The fourth-order valence-electron chi connectivity index (χ4n) is 3.77. The van der Waals surface area contributed by atoms with E-state index in [-0.39, 0.29) is 5.91 Å². The number of thiazole rings is 1. The molecule has 158 valence electrons. The molecule has 2 aromatic carbocycles. The Labute approximate surface area is 182 Å². The van der Waals surface area contributed by atoms with E-state index in [0.29, 0.717) is 13.0 Å². The van der Waals surface area contributed by atoms with E-state index in [1.807, 2.05) is 17.0 Å². The summed E-state index contributed by atoms with van der Waals surface area (Å²) < 4.78 is 6.59. The minimum absolute atomic E-state index is 0.0985. The first-order valence-corrected chi connectivity index (χ1v) is 11.3. The lowest BCUT2D eigenvalue weighted by Gasteiger charge is -2.29. The lowest BCUT2D eigenvalue weighted by Crippen LogP contribution is -2.43. The van der Waals surface area contributed by atoms with Crippen molar-refractivity contribution in [3.05, 3.63) is 58.7 Å². The Morgan fingerprint density at radius 1 is 1.13 bits per heavy atom. The van der Waals surface area contributed by atoms with Crippen molar-refractivity contribution in [3.63, 3.8) is 0 Å². The predicted molar refractivity (Wildman–Crippen MR) is 124 cm³/mol. The van der Waals surface area contributed by atoms with Crippen LogP contribution in [-0.4, -0.2) is 55.2 Å². The maximum absolute atomic E-state index is 13.4. The van der Waals surface area contributed by atoms with Gasteiger partial charge in [-0.3, -0.25) is 14.6 Å². The summed E-state index contributed by atoms with van der Waals surface area (Å²) in [5, 5.41) is 0.793. The summed E-state index contributed by atoms with van der Waals surface area (Å²) in [6.45, 7) is 11.1. The van der Waals surface area contributed by atoms with Gasteiger partial charge in [0.1, 0.15) is 0 Å². The fraction of sp³-hybridized carbons (Fsp3) is 0.417. The molecular formula is C24H29N3O2S. The molecule has 1 fully saturated rings. The van der Waals surface area contributed by atoms with Crippen LogP contribution >= 0.6 is 11.3 Å². The Kier molecular flexibility index (Phi) is 6.46. The van der Waals surface area contributed by atoms with Crippen LogP contribution in [0.15, 0.2) is 36.4 Å². The summed E-state index contributed by atoms with van der Waals surface area (Å²) in [6, 6.07) is 12.5. The van der Waals surface area contributed by atoms with Gasteiger partial charge in [0.15, 0.2) is 5.13 Å². The Morgan fingerprint density at radius 2 is 1.90 bits per heavy atom. The number of carbonyl (C=O) groups excluding carboxylic acids is 1. The second-order valence-electron chi connectivity index (χ2n) is 8.07. The van der Waals surface area contributed by atoms with Crippen LogP contribution in [0.2, 0.25) is 0 Å². The largest absolute Gasteiger partial charge is 0.379 e. The number of amides is 1. The molecule has 0 unspecified atom stereocenters. The van der Waals surface area contributed by atoms with E-state index in [1.165, 1.54) is 16.7 Å². The first kappa shape index (κ1) is 21.0. The molecule has 30 heavy (non-hydrogen) atoms. The third kappa shape index (κ3) is 4.89. The van der Waals surface area contributed by atoms with Crippen LogP contribution < -0.4 is 4.90 Å². The van der Waals surface area contributed by atoms with Gasteiger partial charge >= 0.3 is 0 Å². The molecule has 6 heteroatoms. The van der Waals surface area contributed by atoms with Crippen molar-refractivity contribution in [3.8, 4) is 0 Å². The molecule has 1 aromatic heterocycles. The van der Waals surface area contributed by atoms with E-state index in [4.69, 9.17) is 9.72 Å². The van der Waals surface area contributed by atoms with Gasteiger partial charge in [-0.25, -0.2) is 4.98 Å². The van der Waals surface area contributed by atoms with Crippen molar-refractivity contribution in [2.75, 3.05) is 44.3 Å².